The van der Waals surface area contributed by atoms with Gasteiger partial charge in [-0.2, -0.15) is 0 Å². The van der Waals surface area contributed by atoms with Crippen LogP contribution in [0, 0.1) is 0 Å². The summed E-state index contributed by atoms with van der Waals surface area (Å²) < 4.78 is 77.6. The summed E-state index contributed by atoms with van der Waals surface area (Å²) in [4.78, 5) is 5.02. The summed E-state index contributed by atoms with van der Waals surface area (Å²) in [7, 11) is 0. The van der Waals surface area contributed by atoms with E-state index in [0.717, 1.165) is 18.5 Å². The first kappa shape index (κ1) is 52.2. The number of aliphatic hydroxyl groups is 8. The Labute approximate surface area is 373 Å². The molecule has 11 atom stereocenters. The molecule has 26 heteroatoms. The molecule has 0 amide bonds. The minimum Gasteiger partial charge on any atom is -0.760 e. The fraction of sp³-hybridized carbons (Fsp3) is 0.625. The molecule has 6 rings (SSSR count). The zero-order valence-electron chi connectivity index (χ0n) is 30.2. The molecule has 0 aromatic heterocycles. The number of thiol groups is 1. The van der Waals surface area contributed by atoms with Crippen LogP contribution in [0.4, 0.5) is 0 Å². The number of benzene rings is 2. The van der Waals surface area contributed by atoms with E-state index in [2.05, 4.69) is 17.2 Å². The Kier molecular flexibility index (Phi) is 21.1. The van der Waals surface area contributed by atoms with Crippen LogP contribution < -0.4 is 0 Å². The summed E-state index contributed by atoms with van der Waals surface area (Å²) in [6, 6.07) is 8.35. The van der Waals surface area contributed by atoms with Crippen molar-refractivity contribution in [3.8, 4) is 0 Å². The van der Waals surface area contributed by atoms with Crippen molar-refractivity contribution in [2.45, 2.75) is 125 Å². The molecule has 20 nitrogen and oxygen atoms in total. The van der Waals surface area contributed by atoms with Crippen molar-refractivity contribution in [1.82, 2.24) is 18.0 Å². The van der Waals surface area contributed by atoms with E-state index in [1.54, 1.807) is 36.4 Å². The van der Waals surface area contributed by atoms with Crippen LogP contribution in [-0.4, -0.2) is 134 Å². The molecule has 4 fully saturated rings. The molecule has 2 aromatic rings. The van der Waals surface area contributed by atoms with Crippen LogP contribution in [-0.2, 0) is 82.1 Å². The molecule has 334 valence electrons. The largest absolute Gasteiger partial charge is 0.760 e. The molecule has 58 heavy (non-hydrogen) atoms. The zero-order chi connectivity index (χ0) is 41.0. The van der Waals surface area contributed by atoms with E-state index in [1.165, 1.54) is 5.06 Å². The topological polar surface area (TPSA) is 314 Å². The summed E-state index contributed by atoms with van der Waals surface area (Å²) in [5, 5.41) is 77.2. The smallest absolute Gasteiger partial charge is 0.169 e. The summed E-state index contributed by atoms with van der Waals surface area (Å²) in [5.41, 5.74) is 2.68. The summed E-state index contributed by atoms with van der Waals surface area (Å²) >= 11 is -4.40. The maximum atomic E-state index is 11.7. The molecule has 4 aliphatic heterocycles. The second kappa shape index (κ2) is 23.5. The van der Waals surface area contributed by atoms with Crippen molar-refractivity contribution in [1.29, 1.82) is 0 Å². The fourth-order valence-electron chi connectivity index (χ4n) is 8.37. The molecule has 8 N–H and O–H groups in total. The minimum absolute atomic E-state index is 0. The van der Waals surface area contributed by atoms with Crippen molar-refractivity contribution >= 4 is 46.7 Å². The van der Waals surface area contributed by atoms with E-state index in [9.17, 15) is 67.1 Å². The average molecular weight is 1080 g/mol. The van der Waals surface area contributed by atoms with Gasteiger partial charge in [0, 0.05) is 104 Å². The van der Waals surface area contributed by atoms with Gasteiger partial charge in [0.1, 0.15) is 0 Å². The molecule has 4 heterocycles. The van der Waals surface area contributed by atoms with Crippen LogP contribution in [0.5, 0.6) is 0 Å². The van der Waals surface area contributed by atoms with Crippen LogP contribution in [0.25, 0.3) is 0 Å². The molecule has 2 aromatic carbocycles. The Morgan fingerprint density at radius 1 is 0.517 bits per heavy atom. The summed E-state index contributed by atoms with van der Waals surface area (Å²) in [6.45, 7) is 0. The first-order valence-corrected chi connectivity index (χ1v) is 21.1. The number of hydrogen-bond acceptors (Lipinski definition) is 18. The molecular formula is C32H45N4O16Rh2S4-3. The summed E-state index contributed by atoms with van der Waals surface area (Å²) in [6.07, 6.45) is -3.88. The van der Waals surface area contributed by atoms with E-state index in [0.29, 0.717) is 55.2 Å². The summed E-state index contributed by atoms with van der Waals surface area (Å²) in [5.74, 6) is 0. The monoisotopic (exact) mass is 1070 g/mol. The van der Waals surface area contributed by atoms with E-state index < -0.39 is 101 Å². The maximum Gasteiger partial charge on any atom is 0.169 e. The Bertz CT molecular complexity index is 1640. The van der Waals surface area contributed by atoms with E-state index in [4.69, 9.17) is 4.99 Å². The molecule has 0 bridgehead atoms. The van der Waals surface area contributed by atoms with Crippen molar-refractivity contribution in [3.63, 3.8) is 0 Å². The zero-order valence-corrected chi connectivity index (χ0v) is 36.8. The second-order valence-electron chi connectivity index (χ2n) is 13.9. The van der Waals surface area contributed by atoms with Gasteiger partial charge in [0.15, 0.2) is 25.2 Å². The van der Waals surface area contributed by atoms with Gasteiger partial charge in [-0.05, 0) is 73.6 Å². The number of hydroxylamine groups is 2. The number of aliphatic hydroxyl groups excluding tert-OH is 4. The van der Waals surface area contributed by atoms with Gasteiger partial charge in [0.2, 0.25) is 0 Å². The molecular weight excluding hydrogens is 1030 g/mol. The third kappa shape index (κ3) is 11.9. The number of nitrogens with zero attached hydrogens (tertiary/aromatic N) is 4. The van der Waals surface area contributed by atoms with Crippen molar-refractivity contribution < 1.29 is 115 Å². The SMILES string of the molecule is O=S([O-])N1[C@@H](c2cccc([C@H]3CC[C@@H](C(O)O)N3OOS)c2)CC[C@H]1C(O)O.O=S([O-])N1[C@@H](c2cccc([C@H]3CC[C@@H](C(O)O)N3S(=O)[O-])c2)CC[C@H]1C(O)O.[Rh].[Rh]. The van der Waals surface area contributed by atoms with E-state index >= 15 is 0 Å². The molecule has 4 saturated heterocycles. The van der Waals surface area contributed by atoms with Gasteiger partial charge in [0.05, 0.1) is 30.2 Å². The number of rotatable bonds is 13. The molecule has 4 aliphatic rings. The van der Waals surface area contributed by atoms with Crippen LogP contribution in [0.15, 0.2) is 48.5 Å². The predicted molar refractivity (Wildman–Crippen MR) is 194 cm³/mol. The Morgan fingerprint density at radius 3 is 1.07 bits per heavy atom. The molecule has 2 radical (unpaired) electrons. The van der Waals surface area contributed by atoms with Crippen LogP contribution in [0.3, 0.4) is 0 Å². The fourth-order valence-corrected chi connectivity index (χ4v) is 11.1. The van der Waals surface area contributed by atoms with Crippen LogP contribution in [0.2, 0.25) is 0 Å². The first-order chi connectivity index (χ1) is 26.6. The normalized spacial score (nSPS) is 30.1. The van der Waals surface area contributed by atoms with Gasteiger partial charge in [-0.25, -0.2) is 12.9 Å². The second-order valence-corrected chi connectivity index (χ2v) is 16.6. The minimum atomic E-state index is -2.67. The van der Waals surface area contributed by atoms with Crippen molar-refractivity contribution in [2.24, 2.45) is 0 Å². The predicted octanol–water partition coefficient (Wildman–Crippen LogP) is -1.28. The van der Waals surface area contributed by atoms with E-state index in [-0.39, 0.29) is 57.8 Å². The van der Waals surface area contributed by atoms with Gasteiger partial charge in [-0.15, -0.1) is 14.4 Å². The van der Waals surface area contributed by atoms with Gasteiger partial charge < -0.3 is 54.5 Å². The Hall–Kier alpha value is -0.193. The Morgan fingerprint density at radius 2 is 0.793 bits per heavy atom. The Balaban J connectivity index is 0.000000300. The van der Waals surface area contributed by atoms with Gasteiger partial charge in [-0.3, -0.25) is 12.6 Å². The molecule has 0 saturated carbocycles. The standard InChI is InChI=1S/2C16H24N2O8S2.2Rh/c19-15(20)13-6-4-11(17(13)27(23)24)9-2-1-3-10(8-9)12-5-7-14(16(21)22)18(12)28(25)26;19-15(20)13-6-4-11(17(13)25-26-27)9-2-1-3-10(8-9)12-5-7-14(16(21)22)18(12)28(23)24;;/h1-3,8,11-16,19-22H,4-7H2,(H,23,24)(H,25,26);1-3,8,11-16,19-22,27H,4-7H2,(H,23,24);;/p-3/t2*11-,12-,13+,14+;;/m11../s1. The van der Waals surface area contributed by atoms with Crippen LogP contribution >= 0.6 is 12.9 Å². The molecule has 0 aliphatic carbocycles. The van der Waals surface area contributed by atoms with Gasteiger partial charge in [-0.1, -0.05) is 48.5 Å². The third-order valence-corrected chi connectivity index (χ3v) is 13.5. The van der Waals surface area contributed by atoms with Crippen molar-refractivity contribution in [2.75, 3.05) is 0 Å². The molecule has 0 spiro atoms. The van der Waals surface area contributed by atoms with Gasteiger partial charge >= 0.3 is 0 Å². The third-order valence-electron chi connectivity index (χ3n) is 10.9. The van der Waals surface area contributed by atoms with Gasteiger partial charge in [0.25, 0.3) is 0 Å². The first-order valence-electron chi connectivity index (χ1n) is 17.6. The average Bonchev–Trinajstić information content (AvgIpc) is 3.96. The van der Waals surface area contributed by atoms with Crippen molar-refractivity contribution in [3.05, 3.63) is 70.8 Å². The number of hydrogen-bond donors (Lipinski definition) is 9. The molecule has 3 unspecified atom stereocenters. The maximum absolute atomic E-state index is 11.7. The van der Waals surface area contributed by atoms with Crippen LogP contribution in [0.1, 0.15) is 97.8 Å². The van der Waals surface area contributed by atoms with E-state index in [1.807, 2.05) is 12.1 Å². The quantitative estimate of drug-likeness (QED) is 0.0215.